The third-order valence-electron chi connectivity index (χ3n) is 2.10. The van der Waals surface area contributed by atoms with Crippen molar-refractivity contribution in [1.82, 2.24) is 15.2 Å². The van der Waals surface area contributed by atoms with E-state index in [2.05, 4.69) is 27.3 Å². The summed E-state index contributed by atoms with van der Waals surface area (Å²) in [5.74, 6) is 0.880. The van der Waals surface area contributed by atoms with Crippen molar-refractivity contribution in [3.05, 3.63) is 47.5 Å². The summed E-state index contributed by atoms with van der Waals surface area (Å²) in [7, 11) is 0. The summed E-state index contributed by atoms with van der Waals surface area (Å²) >= 11 is 0. The molecule has 0 atom stereocenters. The molecule has 0 aliphatic carbocycles. The number of nitrogens with zero attached hydrogens (tertiary/aromatic N) is 2. The fraction of sp³-hybridized carbons (Fsp3) is 0.200. The largest absolute Gasteiger partial charge is 0.326 e. The molecule has 0 saturated heterocycles. The van der Waals surface area contributed by atoms with E-state index in [0.29, 0.717) is 6.54 Å². The van der Waals surface area contributed by atoms with Gasteiger partial charge in [-0.05, 0) is 11.1 Å². The van der Waals surface area contributed by atoms with Gasteiger partial charge >= 0.3 is 0 Å². The van der Waals surface area contributed by atoms with E-state index in [-0.39, 0.29) is 0 Å². The Morgan fingerprint density at radius 1 is 1.14 bits per heavy atom. The summed E-state index contributed by atoms with van der Waals surface area (Å²) in [6.07, 6.45) is 2.30. The van der Waals surface area contributed by atoms with Gasteiger partial charge in [0.25, 0.3) is 0 Å². The van der Waals surface area contributed by atoms with Crippen LogP contribution in [0.4, 0.5) is 0 Å². The zero-order chi connectivity index (χ0) is 9.80. The maximum Gasteiger partial charge on any atom is 0.137 e. The number of aromatic amines is 1. The second-order valence-corrected chi connectivity index (χ2v) is 3.13. The Morgan fingerprint density at radius 2 is 1.86 bits per heavy atom. The molecular formula is C10H12N4. The van der Waals surface area contributed by atoms with Crippen molar-refractivity contribution in [2.75, 3.05) is 0 Å². The summed E-state index contributed by atoms with van der Waals surface area (Å²) in [4.78, 5) is 4.06. The predicted molar refractivity (Wildman–Crippen MR) is 53.5 cm³/mol. The molecule has 0 fully saturated rings. The monoisotopic (exact) mass is 188 g/mol. The van der Waals surface area contributed by atoms with E-state index in [1.165, 1.54) is 11.9 Å². The number of nitrogens with one attached hydrogen (secondary N) is 1. The zero-order valence-corrected chi connectivity index (χ0v) is 7.77. The first-order valence-corrected chi connectivity index (χ1v) is 4.50. The van der Waals surface area contributed by atoms with Crippen molar-refractivity contribution in [1.29, 1.82) is 0 Å². The number of H-pyrrole nitrogens is 1. The maximum absolute atomic E-state index is 5.51. The first kappa shape index (κ1) is 8.90. The number of nitrogens with two attached hydrogens (primary N) is 1. The van der Waals surface area contributed by atoms with Gasteiger partial charge < -0.3 is 5.73 Å². The molecule has 0 amide bonds. The molecule has 4 nitrogen and oxygen atoms in total. The average molecular weight is 188 g/mol. The van der Waals surface area contributed by atoms with E-state index in [9.17, 15) is 0 Å². The molecule has 14 heavy (non-hydrogen) atoms. The lowest BCUT2D eigenvalue weighted by Gasteiger charge is -1.99. The normalized spacial score (nSPS) is 10.4. The minimum Gasteiger partial charge on any atom is -0.326 e. The lowest BCUT2D eigenvalue weighted by molar-refractivity contribution is 0.969. The fourth-order valence-electron chi connectivity index (χ4n) is 1.30. The Bertz CT molecular complexity index is 377. The third kappa shape index (κ3) is 1.97. The molecule has 2 rings (SSSR count). The molecule has 1 aromatic heterocycles. The second kappa shape index (κ2) is 4.02. The lowest BCUT2D eigenvalue weighted by atomic mass is 10.1. The van der Waals surface area contributed by atoms with Gasteiger partial charge in [-0.25, -0.2) is 4.98 Å². The van der Waals surface area contributed by atoms with Crippen LogP contribution in [0, 0.1) is 0 Å². The van der Waals surface area contributed by atoms with Crippen molar-refractivity contribution >= 4 is 0 Å². The molecule has 72 valence electrons. The minimum absolute atomic E-state index is 0.586. The number of hydrogen-bond acceptors (Lipinski definition) is 3. The van der Waals surface area contributed by atoms with Gasteiger partial charge in [0.2, 0.25) is 0 Å². The van der Waals surface area contributed by atoms with E-state index >= 15 is 0 Å². The van der Waals surface area contributed by atoms with Crippen molar-refractivity contribution in [3.8, 4) is 0 Å². The molecule has 4 heteroatoms. The molecular weight excluding hydrogens is 176 g/mol. The molecule has 1 aromatic carbocycles. The molecule has 0 spiro atoms. The van der Waals surface area contributed by atoms with Crippen LogP contribution in [-0.4, -0.2) is 15.2 Å². The molecule has 0 radical (unpaired) electrons. The van der Waals surface area contributed by atoms with Crippen LogP contribution in [0.3, 0.4) is 0 Å². The minimum atomic E-state index is 0.586. The van der Waals surface area contributed by atoms with Crippen molar-refractivity contribution < 1.29 is 0 Å². The van der Waals surface area contributed by atoms with E-state index in [0.717, 1.165) is 17.8 Å². The Balaban J connectivity index is 2.10. The average Bonchev–Trinajstić information content (AvgIpc) is 2.72. The number of benzene rings is 1. The molecule has 2 aromatic rings. The highest BCUT2D eigenvalue weighted by Crippen LogP contribution is 2.06. The highest BCUT2D eigenvalue weighted by molar-refractivity contribution is 5.24. The summed E-state index contributed by atoms with van der Waals surface area (Å²) in [5, 5.41) is 6.62. The Hall–Kier alpha value is -1.68. The van der Waals surface area contributed by atoms with Crippen molar-refractivity contribution in [2.24, 2.45) is 5.73 Å². The summed E-state index contributed by atoms with van der Waals surface area (Å²) < 4.78 is 0. The standard InChI is InChI=1S/C10H12N4/c11-6-9-3-1-8(2-4-9)5-10-12-7-13-14-10/h1-4,7H,5-6,11H2,(H,12,13,14). The highest BCUT2D eigenvalue weighted by atomic mass is 15.2. The van der Waals surface area contributed by atoms with Gasteiger partial charge in [-0.3, -0.25) is 5.10 Å². The van der Waals surface area contributed by atoms with Crippen molar-refractivity contribution in [2.45, 2.75) is 13.0 Å². The Morgan fingerprint density at radius 3 is 2.43 bits per heavy atom. The zero-order valence-electron chi connectivity index (χ0n) is 7.77. The summed E-state index contributed by atoms with van der Waals surface area (Å²) in [6, 6.07) is 8.19. The van der Waals surface area contributed by atoms with Crippen LogP contribution < -0.4 is 5.73 Å². The van der Waals surface area contributed by atoms with Crippen molar-refractivity contribution in [3.63, 3.8) is 0 Å². The van der Waals surface area contributed by atoms with Gasteiger partial charge in [0.05, 0.1) is 0 Å². The quantitative estimate of drug-likeness (QED) is 0.750. The van der Waals surface area contributed by atoms with Gasteiger partial charge in [0, 0.05) is 13.0 Å². The van der Waals surface area contributed by atoms with E-state index in [1.54, 1.807) is 0 Å². The molecule has 0 saturated carbocycles. The first-order valence-electron chi connectivity index (χ1n) is 4.50. The van der Waals surface area contributed by atoms with E-state index in [1.807, 2.05) is 12.1 Å². The first-order chi connectivity index (χ1) is 6.88. The van der Waals surface area contributed by atoms with E-state index in [4.69, 9.17) is 5.73 Å². The van der Waals surface area contributed by atoms with Gasteiger partial charge in [0.15, 0.2) is 0 Å². The van der Waals surface area contributed by atoms with Crippen LogP contribution in [0.15, 0.2) is 30.6 Å². The lowest BCUT2D eigenvalue weighted by Crippen LogP contribution is -1.96. The van der Waals surface area contributed by atoms with Crippen LogP contribution in [0.1, 0.15) is 17.0 Å². The number of hydrogen-bond donors (Lipinski definition) is 2. The molecule has 0 aliphatic rings. The molecule has 0 unspecified atom stereocenters. The summed E-state index contributed by atoms with van der Waals surface area (Å²) in [6.45, 7) is 0.586. The van der Waals surface area contributed by atoms with Gasteiger partial charge in [-0.1, -0.05) is 24.3 Å². The van der Waals surface area contributed by atoms with Crippen LogP contribution in [-0.2, 0) is 13.0 Å². The predicted octanol–water partition coefficient (Wildman–Crippen LogP) is 0.854. The van der Waals surface area contributed by atoms with Crippen LogP contribution in [0.25, 0.3) is 0 Å². The maximum atomic E-state index is 5.51. The van der Waals surface area contributed by atoms with Crippen LogP contribution in [0.2, 0.25) is 0 Å². The Kier molecular flexibility index (Phi) is 2.55. The van der Waals surface area contributed by atoms with Crippen LogP contribution >= 0.6 is 0 Å². The molecule has 0 aliphatic heterocycles. The molecule has 3 N–H and O–H groups in total. The summed E-state index contributed by atoms with van der Waals surface area (Å²) in [5.41, 5.74) is 7.86. The smallest absolute Gasteiger partial charge is 0.137 e. The number of rotatable bonds is 3. The van der Waals surface area contributed by atoms with Gasteiger partial charge in [0.1, 0.15) is 12.2 Å². The highest BCUT2D eigenvalue weighted by Gasteiger charge is 1.98. The molecule has 0 bridgehead atoms. The molecule has 1 heterocycles. The SMILES string of the molecule is NCc1ccc(Cc2ncn[nH]2)cc1. The van der Waals surface area contributed by atoms with Crippen LogP contribution in [0.5, 0.6) is 0 Å². The number of aromatic nitrogens is 3. The van der Waals surface area contributed by atoms with Gasteiger partial charge in [-0.2, -0.15) is 5.10 Å². The topological polar surface area (TPSA) is 67.6 Å². The van der Waals surface area contributed by atoms with Gasteiger partial charge in [-0.15, -0.1) is 0 Å². The second-order valence-electron chi connectivity index (χ2n) is 3.13. The van der Waals surface area contributed by atoms with E-state index < -0.39 is 0 Å². The third-order valence-corrected chi connectivity index (χ3v) is 2.10. The fourth-order valence-corrected chi connectivity index (χ4v) is 1.30. The Labute approximate surface area is 82.2 Å².